The van der Waals surface area contributed by atoms with Crippen molar-refractivity contribution in [2.45, 2.75) is 19.9 Å². The fraction of sp³-hybridized carbons (Fsp3) is 0.222. The molecule has 1 amide bonds. The van der Waals surface area contributed by atoms with Gasteiger partial charge in [-0.15, -0.1) is 0 Å². The monoisotopic (exact) mass is 315 g/mol. The van der Waals surface area contributed by atoms with Crippen molar-refractivity contribution in [1.82, 2.24) is 5.32 Å². The number of Topliss-reactive ketones (excluding diaryl/α,β-unsaturated/α-hetero) is 1. The van der Waals surface area contributed by atoms with Crippen LogP contribution in [0.25, 0.3) is 0 Å². The maximum Gasteiger partial charge on any atom is 0.224 e. The standard InChI is InChI=1S/C18H18FNO3/c1-12(21)13-7-8-17(23-2)15(9-13)10-18(22)20-11-14-5-3-4-6-16(14)19/h3-9H,10-11H2,1-2H3,(H,20,22). The highest BCUT2D eigenvalue weighted by atomic mass is 19.1. The van der Waals surface area contributed by atoms with Crippen molar-refractivity contribution < 1.29 is 18.7 Å². The number of methoxy groups -OCH3 is 1. The molecule has 5 heteroatoms. The second-order valence-corrected chi connectivity index (χ2v) is 5.13. The van der Waals surface area contributed by atoms with Gasteiger partial charge in [0.1, 0.15) is 11.6 Å². The van der Waals surface area contributed by atoms with Crippen LogP contribution in [0.1, 0.15) is 28.4 Å². The molecule has 120 valence electrons. The van der Waals surface area contributed by atoms with Crippen LogP contribution in [0.2, 0.25) is 0 Å². The number of ketones is 1. The summed E-state index contributed by atoms with van der Waals surface area (Å²) in [5.74, 6) is -0.173. The topological polar surface area (TPSA) is 55.4 Å². The van der Waals surface area contributed by atoms with Crippen LogP contribution >= 0.6 is 0 Å². The van der Waals surface area contributed by atoms with Gasteiger partial charge in [-0.1, -0.05) is 18.2 Å². The maximum atomic E-state index is 13.5. The van der Waals surface area contributed by atoms with Crippen LogP contribution in [0.4, 0.5) is 4.39 Å². The molecule has 0 aromatic heterocycles. The van der Waals surface area contributed by atoms with Crippen molar-refractivity contribution in [3.8, 4) is 5.75 Å². The van der Waals surface area contributed by atoms with Gasteiger partial charge < -0.3 is 10.1 Å². The zero-order valence-corrected chi connectivity index (χ0v) is 13.1. The van der Waals surface area contributed by atoms with Crippen LogP contribution in [0.5, 0.6) is 5.75 Å². The Labute approximate surface area is 134 Å². The van der Waals surface area contributed by atoms with Crippen molar-refractivity contribution in [2.75, 3.05) is 7.11 Å². The van der Waals surface area contributed by atoms with Gasteiger partial charge in [-0.25, -0.2) is 4.39 Å². The molecular formula is C18H18FNO3. The molecule has 0 saturated carbocycles. The SMILES string of the molecule is COc1ccc(C(C)=O)cc1CC(=O)NCc1ccccc1F. The average Bonchev–Trinajstić information content (AvgIpc) is 2.54. The summed E-state index contributed by atoms with van der Waals surface area (Å²) in [5.41, 5.74) is 1.55. The predicted molar refractivity (Wildman–Crippen MR) is 84.9 cm³/mol. The van der Waals surface area contributed by atoms with Crippen LogP contribution in [0.3, 0.4) is 0 Å². The molecule has 0 heterocycles. The Kier molecular flexibility index (Phi) is 5.46. The van der Waals surface area contributed by atoms with Crippen molar-refractivity contribution in [3.63, 3.8) is 0 Å². The second kappa shape index (κ2) is 7.54. The van der Waals surface area contributed by atoms with Crippen LogP contribution in [-0.2, 0) is 17.8 Å². The molecule has 0 aliphatic heterocycles. The van der Waals surface area contributed by atoms with E-state index in [0.29, 0.717) is 22.4 Å². The fourth-order valence-electron chi connectivity index (χ4n) is 2.21. The number of ether oxygens (including phenoxy) is 1. The first kappa shape index (κ1) is 16.7. The van der Waals surface area contributed by atoms with E-state index >= 15 is 0 Å². The molecule has 4 nitrogen and oxygen atoms in total. The fourth-order valence-corrected chi connectivity index (χ4v) is 2.21. The van der Waals surface area contributed by atoms with Gasteiger partial charge in [-0.2, -0.15) is 0 Å². The Morgan fingerprint density at radius 2 is 1.87 bits per heavy atom. The zero-order valence-electron chi connectivity index (χ0n) is 13.1. The summed E-state index contributed by atoms with van der Waals surface area (Å²) in [6.07, 6.45) is 0.0543. The van der Waals surface area contributed by atoms with E-state index in [0.717, 1.165) is 0 Å². The Morgan fingerprint density at radius 1 is 1.13 bits per heavy atom. The zero-order chi connectivity index (χ0) is 16.8. The number of benzene rings is 2. The molecule has 1 N–H and O–H groups in total. The first-order chi connectivity index (χ1) is 11.0. The highest BCUT2D eigenvalue weighted by molar-refractivity contribution is 5.94. The van der Waals surface area contributed by atoms with Crippen molar-refractivity contribution in [2.24, 2.45) is 0 Å². The summed E-state index contributed by atoms with van der Waals surface area (Å²) in [6.45, 7) is 1.57. The molecule has 2 aromatic rings. The highest BCUT2D eigenvalue weighted by Gasteiger charge is 2.12. The summed E-state index contributed by atoms with van der Waals surface area (Å²) in [5, 5.41) is 2.67. The second-order valence-electron chi connectivity index (χ2n) is 5.13. The molecule has 0 aliphatic rings. The molecular weight excluding hydrogens is 297 g/mol. The molecule has 2 aromatic carbocycles. The third-order valence-corrected chi connectivity index (χ3v) is 3.47. The lowest BCUT2D eigenvalue weighted by Gasteiger charge is -2.11. The first-order valence-corrected chi connectivity index (χ1v) is 7.19. The largest absolute Gasteiger partial charge is 0.496 e. The smallest absolute Gasteiger partial charge is 0.224 e. The van der Waals surface area contributed by atoms with E-state index in [1.54, 1.807) is 36.4 Å². The van der Waals surface area contributed by atoms with E-state index in [4.69, 9.17) is 4.74 Å². The Hall–Kier alpha value is -2.69. The molecule has 0 saturated heterocycles. The van der Waals surface area contributed by atoms with Gasteiger partial charge in [-0.05, 0) is 31.2 Å². The Balaban J connectivity index is 2.06. The molecule has 0 unspecified atom stereocenters. The van der Waals surface area contributed by atoms with Gasteiger partial charge in [-0.3, -0.25) is 9.59 Å². The van der Waals surface area contributed by atoms with E-state index in [9.17, 15) is 14.0 Å². The summed E-state index contributed by atoms with van der Waals surface area (Å²) in [6, 6.07) is 11.2. The molecule has 23 heavy (non-hydrogen) atoms. The summed E-state index contributed by atoms with van der Waals surface area (Å²) < 4.78 is 18.7. The van der Waals surface area contributed by atoms with Crippen LogP contribution < -0.4 is 10.1 Å². The molecule has 2 rings (SSSR count). The van der Waals surface area contributed by atoms with Gasteiger partial charge in [0.25, 0.3) is 0 Å². The third kappa shape index (κ3) is 4.39. The van der Waals surface area contributed by atoms with Crippen LogP contribution in [0.15, 0.2) is 42.5 Å². The highest BCUT2D eigenvalue weighted by Crippen LogP contribution is 2.21. The van der Waals surface area contributed by atoms with E-state index in [2.05, 4.69) is 5.32 Å². The third-order valence-electron chi connectivity index (χ3n) is 3.47. The van der Waals surface area contributed by atoms with E-state index < -0.39 is 0 Å². The molecule has 0 radical (unpaired) electrons. The first-order valence-electron chi connectivity index (χ1n) is 7.19. The van der Waals surface area contributed by atoms with Gasteiger partial charge >= 0.3 is 0 Å². The number of nitrogens with one attached hydrogen (secondary N) is 1. The van der Waals surface area contributed by atoms with E-state index in [1.165, 1.54) is 20.1 Å². The Bertz CT molecular complexity index is 728. The molecule has 0 atom stereocenters. The number of halogens is 1. The normalized spacial score (nSPS) is 10.2. The van der Waals surface area contributed by atoms with Crippen molar-refractivity contribution in [1.29, 1.82) is 0 Å². The number of carbonyl (C=O) groups is 2. The maximum absolute atomic E-state index is 13.5. The van der Waals surface area contributed by atoms with Crippen LogP contribution in [0, 0.1) is 5.82 Å². The number of rotatable bonds is 6. The minimum atomic E-state index is -0.357. The molecule has 0 aliphatic carbocycles. The van der Waals surface area contributed by atoms with E-state index in [1.807, 2.05) is 0 Å². The lowest BCUT2D eigenvalue weighted by atomic mass is 10.0. The minimum absolute atomic E-state index is 0.0543. The van der Waals surface area contributed by atoms with Gasteiger partial charge in [0.15, 0.2) is 5.78 Å². The lowest BCUT2D eigenvalue weighted by Crippen LogP contribution is -2.25. The number of amides is 1. The van der Waals surface area contributed by atoms with E-state index in [-0.39, 0.29) is 30.5 Å². The van der Waals surface area contributed by atoms with Gasteiger partial charge in [0, 0.05) is 23.2 Å². The van der Waals surface area contributed by atoms with Gasteiger partial charge in [0.05, 0.1) is 13.5 Å². The average molecular weight is 315 g/mol. The number of hydrogen-bond donors (Lipinski definition) is 1. The molecule has 0 fully saturated rings. The van der Waals surface area contributed by atoms with Gasteiger partial charge in [0.2, 0.25) is 5.91 Å². The van der Waals surface area contributed by atoms with Crippen molar-refractivity contribution in [3.05, 3.63) is 65.0 Å². The van der Waals surface area contributed by atoms with Crippen molar-refractivity contribution >= 4 is 11.7 Å². The lowest BCUT2D eigenvalue weighted by molar-refractivity contribution is -0.120. The molecule has 0 bridgehead atoms. The number of carbonyl (C=O) groups excluding carboxylic acids is 2. The molecule has 0 spiro atoms. The number of hydrogen-bond acceptors (Lipinski definition) is 3. The Morgan fingerprint density at radius 3 is 2.52 bits per heavy atom. The quantitative estimate of drug-likeness (QED) is 0.834. The summed E-state index contributed by atoms with van der Waals surface area (Å²) in [4.78, 5) is 23.5. The summed E-state index contributed by atoms with van der Waals surface area (Å²) >= 11 is 0. The minimum Gasteiger partial charge on any atom is -0.496 e. The summed E-state index contributed by atoms with van der Waals surface area (Å²) in [7, 11) is 1.50. The predicted octanol–water partition coefficient (Wildman–Crippen LogP) is 2.90. The van der Waals surface area contributed by atoms with Crippen LogP contribution in [-0.4, -0.2) is 18.8 Å².